The van der Waals surface area contributed by atoms with E-state index in [9.17, 15) is 0 Å². The topological polar surface area (TPSA) is 72.1 Å². The van der Waals surface area contributed by atoms with Crippen LogP contribution in [0.4, 0.5) is 0 Å². The molecular weight excluding hydrogens is 302 g/mol. The molecule has 0 saturated carbocycles. The maximum Gasteiger partial charge on any atom is 0.191 e. The van der Waals surface area contributed by atoms with Crippen LogP contribution in [0.1, 0.15) is 11.3 Å². The molecule has 3 rings (SSSR count). The molecule has 24 heavy (non-hydrogen) atoms. The Kier molecular flexibility index (Phi) is 4.90. The summed E-state index contributed by atoms with van der Waals surface area (Å²) in [6.45, 7) is 1.37. The summed E-state index contributed by atoms with van der Waals surface area (Å²) >= 11 is 0. The molecule has 1 aromatic carbocycles. The Hall–Kier alpha value is -3.09. The van der Waals surface area contributed by atoms with Gasteiger partial charge in [0.25, 0.3) is 0 Å². The number of aryl methyl sites for hydroxylation is 1. The maximum absolute atomic E-state index is 4.24. The van der Waals surface area contributed by atoms with Gasteiger partial charge in [0.15, 0.2) is 5.96 Å². The summed E-state index contributed by atoms with van der Waals surface area (Å²) in [6.07, 6.45) is 5.49. The van der Waals surface area contributed by atoms with Crippen molar-refractivity contribution in [2.45, 2.75) is 13.1 Å². The zero-order valence-corrected chi connectivity index (χ0v) is 13.8. The van der Waals surface area contributed by atoms with E-state index in [1.165, 1.54) is 5.56 Å². The highest BCUT2D eigenvalue weighted by atomic mass is 15.3. The number of nitrogens with zero attached hydrogens (tertiary/aromatic N) is 5. The van der Waals surface area contributed by atoms with E-state index in [4.69, 9.17) is 0 Å². The molecular formula is C17H21N7. The van der Waals surface area contributed by atoms with Crippen molar-refractivity contribution in [2.75, 3.05) is 7.05 Å². The highest BCUT2D eigenvalue weighted by Gasteiger charge is 2.02. The summed E-state index contributed by atoms with van der Waals surface area (Å²) in [5.41, 5.74) is 3.32. The molecule has 124 valence electrons. The van der Waals surface area contributed by atoms with Crippen molar-refractivity contribution in [2.24, 2.45) is 12.0 Å². The molecule has 7 heteroatoms. The van der Waals surface area contributed by atoms with E-state index in [-0.39, 0.29) is 0 Å². The molecule has 0 fully saturated rings. The van der Waals surface area contributed by atoms with Crippen LogP contribution in [0.25, 0.3) is 5.69 Å². The van der Waals surface area contributed by atoms with Gasteiger partial charge in [0.2, 0.25) is 0 Å². The van der Waals surface area contributed by atoms with Gasteiger partial charge in [-0.15, -0.1) is 0 Å². The first-order valence-corrected chi connectivity index (χ1v) is 7.76. The number of aliphatic imine (C=N–C) groups is 1. The second kappa shape index (κ2) is 7.45. The highest BCUT2D eigenvalue weighted by molar-refractivity contribution is 5.79. The van der Waals surface area contributed by atoms with E-state index in [0.717, 1.165) is 17.3 Å². The van der Waals surface area contributed by atoms with Crippen LogP contribution in [0.2, 0.25) is 0 Å². The third-order valence-corrected chi connectivity index (χ3v) is 3.75. The lowest BCUT2D eigenvalue weighted by molar-refractivity contribution is 0.684. The molecule has 0 radical (unpaired) electrons. The summed E-state index contributed by atoms with van der Waals surface area (Å²) < 4.78 is 3.68. The lowest BCUT2D eigenvalue weighted by Crippen LogP contribution is -2.36. The largest absolute Gasteiger partial charge is 0.352 e. The Balaban J connectivity index is 1.53. The number of hydrogen-bond donors (Lipinski definition) is 2. The molecule has 2 heterocycles. The van der Waals surface area contributed by atoms with Crippen LogP contribution >= 0.6 is 0 Å². The summed E-state index contributed by atoms with van der Waals surface area (Å²) in [5.74, 6) is 0.757. The fraction of sp³-hybridized carbons (Fsp3) is 0.235. The SMILES string of the molecule is CN=C(NCc1ccc(-n2cccn2)cc1)NCc1ccnn1C. The first-order valence-electron chi connectivity index (χ1n) is 7.76. The normalized spacial score (nSPS) is 11.5. The average molecular weight is 323 g/mol. The predicted molar refractivity (Wildman–Crippen MR) is 93.8 cm³/mol. The van der Waals surface area contributed by atoms with Crippen molar-refractivity contribution in [1.82, 2.24) is 30.2 Å². The van der Waals surface area contributed by atoms with Crippen molar-refractivity contribution in [1.29, 1.82) is 0 Å². The average Bonchev–Trinajstić information content (AvgIpc) is 3.28. The Bertz CT molecular complexity index is 785. The van der Waals surface area contributed by atoms with E-state index >= 15 is 0 Å². The van der Waals surface area contributed by atoms with E-state index in [1.54, 1.807) is 19.4 Å². The first kappa shape index (κ1) is 15.8. The zero-order chi connectivity index (χ0) is 16.8. The van der Waals surface area contributed by atoms with Gasteiger partial charge in [-0.25, -0.2) is 4.68 Å². The highest BCUT2D eigenvalue weighted by Crippen LogP contribution is 2.08. The fourth-order valence-corrected chi connectivity index (χ4v) is 2.34. The number of nitrogens with one attached hydrogen (secondary N) is 2. The Labute approximate surface area is 141 Å². The Morgan fingerprint density at radius 3 is 2.46 bits per heavy atom. The van der Waals surface area contributed by atoms with Crippen molar-refractivity contribution in [3.63, 3.8) is 0 Å². The molecule has 0 bridgehead atoms. The lowest BCUT2D eigenvalue weighted by atomic mass is 10.2. The van der Waals surface area contributed by atoms with Gasteiger partial charge in [-0.05, 0) is 29.8 Å². The minimum absolute atomic E-state index is 0.675. The molecule has 0 atom stereocenters. The van der Waals surface area contributed by atoms with E-state index < -0.39 is 0 Å². The van der Waals surface area contributed by atoms with Crippen LogP contribution in [0.5, 0.6) is 0 Å². The molecule has 0 saturated heterocycles. The summed E-state index contributed by atoms with van der Waals surface area (Å²) in [4.78, 5) is 4.24. The number of benzene rings is 1. The Morgan fingerprint density at radius 2 is 1.83 bits per heavy atom. The predicted octanol–water partition coefficient (Wildman–Crippen LogP) is 1.47. The number of aromatic nitrogens is 4. The third kappa shape index (κ3) is 3.81. The lowest BCUT2D eigenvalue weighted by Gasteiger charge is -2.12. The van der Waals surface area contributed by atoms with Crippen LogP contribution in [0.3, 0.4) is 0 Å². The molecule has 0 unspecified atom stereocenters. The van der Waals surface area contributed by atoms with Gasteiger partial charge >= 0.3 is 0 Å². The van der Waals surface area contributed by atoms with E-state index in [1.807, 2.05) is 34.7 Å². The quantitative estimate of drug-likeness (QED) is 0.551. The van der Waals surface area contributed by atoms with Gasteiger partial charge in [0.05, 0.1) is 17.9 Å². The second-order valence-electron chi connectivity index (χ2n) is 5.34. The molecule has 2 N–H and O–H groups in total. The minimum atomic E-state index is 0.675. The smallest absolute Gasteiger partial charge is 0.191 e. The molecule has 0 aliphatic carbocycles. The van der Waals surface area contributed by atoms with Crippen LogP contribution < -0.4 is 10.6 Å². The summed E-state index contributed by atoms with van der Waals surface area (Å²) in [5, 5.41) is 15.0. The molecule has 3 aromatic rings. The number of hydrogen-bond acceptors (Lipinski definition) is 3. The molecule has 0 aliphatic heterocycles. The fourth-order valence-electron chi connectivity index (χ4n) is 2.34. The molecule has 0 amide bonds. The van der Waals surface area contributed by atoms with Gasteiger partial charge in [-0.1, -0.05) is 12.1 Å². The monoisotopic (exact) mass is 323 g/mol. The Morgan fingerprint density at radius 1 is 1.04 bits per heavy atom. The van der Waals surface area contributed by atoms with Gasteiger partial charge in [-0.2, -0.15) is 10.2 Å². The molecule has 2 aromatic heterocycles. The van der Waals surface area contributed by atoms with Gasteiger partial charge in [-0.3, -0.25) is 9.67 Å². The van der Waals surface area contributed by atoms with Crippen molar-refractivity contribution < 1.29 is 0 Å². The van der Waals surface area contributed by atoms with Gasteiger partial charge in [0.1, 0.15) is 0 Å². The van der Waals surface area contributed by atoms with Gasteiger partial charge in [0, 0.05) is 39.2 Å². The zero-order valence-electron chi connectivity index (χ0n) is 13.8. The first-order chi connectivity index (χ1) is 11.8. The maximum atomic E-state index is 4.24. The van der Waals surface area contributed by atoms with Crippen LogP contribution in [-0.4, -0.2) is 32.6 Å². The number of guanidine groups is 1. The molecule has 7 nitrogen and oxygen atoms in total. The third-order valence-electron chi connectivity index (χ3n) is 3.75. The minimum Gasteiger partial charge on any atom is -0.352 e. The number of rotatable bonds is 5. The van der Waals surface area contributed by atoms with E-state index in [0.29, 0.717) is 13.1 Å². The summed E-state index contributed by atoms with van der Waals surface area (Å²) in [6, 6.07) is 12.2. The van der Waals surface area contributed by atoms with Crippen LogP contribution in [0.15, 0.2) is 60.0 Å². The summed E-state index contributed by atoms with van der Waals surface area (Å²) in [7, 11) is 3.69. The molecule has 0 spiro atoms. The van der Waals surface area contributed by atoms with Crippen molar-refractivity contribution in [3.8, 4) is 5.69 Å². The standard InChI is InChI=1S/C17H21N7/c1-18-17(20-13-16-8-10-21-23(16)2)19-12-14-4-6-15(7-5-14)24-11-3-9-22-24/h3-11H,12-13H2,1-2H3,(H2,18,19,20). The van der Waals surface area contributed by atoms with Gasteiger partial charge < -0.3 is 10.6 Å². The van der Waals surface area contributed by atoms with Crippen molar-refractivity contribution >= 4 is 5.96 Å². The second-order valence-corrected chi connectivity index (χ2v) is 5.34. The van der Waals surface area contributed by atoms with Crippen LogP contribution in [0, 0.1) is 0 Å². The van der Waals surface area contributed by atoms with Crippen LogP contribution in [-0.2, 0) is 20.1 Å². The van der Waals surface area contributed by atoms with E-state index in [2.05, 4.69) is 50.1 Å². The van der Waals surface area contributed by atoms with Crippen molar-refractivity contribution in [3.05, 3.63) is 66.2 Å². The molecule has 0 aliphatic rings.